The lowest BCUT2D eigenvalue weighted by atomic mass is 10.0. The van der Waals surface area contributed by atoms with Gasteiger partial charge in [0.2, 0.25) is 0 Å². The summed E-state index contributed by atoms with van der Waals surface area (Å²) < 4.78 is 0. The fraction of sp³-hybridized carbons (Fsp3) is 0.632. The van der Waals surface area contributed by atoms with Gasteiger partial charge in [0, 0.05) is 18.2 Å². The molecule has 4 heteroatoms. The average molecular weight is 317 g/mol. The Hall–Kier alpha value is -1.39. The molecule has 0 aliphatic carbocycles. The van der Waals surface area contributed by atoms with E-state index in [1.54, 1.807) is 0 Å². The predicted molar refractivity (Wildman–Crippen MR) is 95.8 cm³/mol. The molecule has 0 spiro atoms. The van der Waals surface area contributed by atoms with Crippen molar-refractivity contribution in [1.82, 2.24) is 15.1 Å². The van der Waals surface area contributed by atoms with Gasteiger partial charge in [0.1, 0.15) is 0 Å². The number of rotatable bonds is 8. The molecule has 1 saturated heterocycles. The third-order valence-electron chi connectivity index (χ3n) is 4.82. The molecule has 1 aliphatic heterocycles. The predicted octanol–water partition coefficient (Wildman–Crippen LogP) is 2.61. The first-order valence-corrected chi connectivity index (χ1v) is 8.89. The summed E-state index contributed by atoms with van der Waals surface area (Å²) in [6.45, 7) is 4.38. The Bertz CT molecular complexity index is 455. The molecule has 0 aromatic heterocycles. The maximum absolute atomic E-state index is 11.9. The van der Waals surface area contributed by atoms with E-state index in [0.717, 1.165) is 24.6 Å². The molecule has 23 heavy (non-hydrogen) atoms. The van der Waals surface area contributed by atoms with Crippen LogP contribution in [0.25, 0.3) is 0 Å². The molecule has 1 aromatic carbocycles. The second-order valence-corrected chi connectivity index (χ2v) is 6.70. The molecule has 0 unspecified atom stereocenters. The fourth-order valence-corrected chi connectivity index (χ4v) is 3.17. The monoisotopic (exact) mass is 317 g/mol. The van der Waals surface area contributed by atoms with Crippen molar-refractivity contribution >= 4 is 5.91 Å². The molecule has 2 rings (SSSR count). The van der Waals surface area contributed by atoms with E-state index in [9.17, 15) is 4.79 Å². The number of piperidine rings is 1. The molecule has 1 N–H and O–H groups in total. The summed E-state index contributed by atoms with van der Waals surface area (Å²) in [5, 5.41) is 3.00. The highest BCUT2D eigenvalue weighted by Crippen LogP contribution is 2.14. The highest BCUT2D eigenvalue weighted by molar-refractivity contribution is 5.94. The molecule has 1 aliphatic rings. The number of unbranched alkanes of at least 4 members (excludes halogenated alkanes) is 2. The van der Waals surface area contributed by atoms with Gasteiger partial charge in [0.25, 0.3) is 5.91 Å². The van der Waals surface area contributed by atoms with Crippen LogP contribution in [-0.4, -0.2) is 62.0 Å². The number of carbonyl (C=O) groups excluding carboxylic acids is 1. The average Bonchev–Trinajstić information content (AvgIpc) is 2.59. The number of nitrogens with one attached hydrogen (secondary N) is 1. The highest BCUT2D eigenvalue weighted by atomic mass is 16.1. The molecular formula is C19H31N3O. The molecule has 128 valence electrons. The van der Waals surface area contributed by atoms with Crippen LogP contribution in [0.4, 0.5) is 0 Å². The molecule has 1 amide bonds. The minimum Gasteiger partial charge on any atom is -0.352 e. The number of amides is 1. The van der Waals surface area contributed by atoms with Crippen LogP contribution in [0.5, 0.6) is 0 Å². The molecule has 0 radical (unpaired) electrons. The van der Waals surface area contributed by atoms with E-state index < -0.39 is 0 Å². The normalized spacial score (nSPS) is 16.7. The van der Waals surface area contributed by atoms with Gasteiger partial charge in [-0.3, -0.25) is 4.79 Å². The van der Waals surface area contributed by atoms with E-state index in [1.807, 2.05) is 30.3 Å². The van der Waals surface area contributed by atoms with Gasteiger partial charge in [-0.25, -0.2) is 0 Å². The van der Waals surface area contributed by atoms with Crippen molar-refractivity contribution in [3.05, 3.63) is 35.9 Å². The van der Waals surface area contributed by atoms with Gasteiger partial charge in [-0.1, -0.05) is 24.6 Å². The molecule has 1 aromatic rings. The van der Waals surface area contributed by atoms with Crippen LogP contribution in [0.2, 0.25) is 0 Å². The van der Waals surface area contributed by atoms with E-state index in [2.05, 4.69) is 29.2 Å². The minimum absolute atomic E-state index is 0.0362. The van der Waals surface area contributed by atoms with Crippen LogP contribution in [0.1, 0.15) is 42.5 Å². The molecule has 1 fully saturated rings. The van der Waals surface area contributed by atoms with Crippen molar-refractivity contribution in [3.8, 4) is 0 Å². The first-order chi connectivity index (χ1) is 11.2. The Morgan fingerprint density at radius 1 is 1.17 bits per heavy atom. The van der Waals surface area contributed by atoms with Gasteiger partial charge >= 0.3 is 0 Å². The fourth-order valence-electron chi connectivity index (χ4n) is 3.17. The third-order valence-corrected chi connectivity index (χ3v) is 4.82. The SMILES string of the molecule is CN1CCC(N(C)CCCCCNC(=O)c2ccccc2)CC1. The first-order valence-electron chi connectivity index (χ1n) is 8.89. The van der Waals surface area contributed by atoms with Crippen molar-refractivity contribution in [1.29, 1.82) is 0 Å². The number of hydrogen-bond acceptors (Lipinski definition) is 3. The Morgan fingerprint density at radius 2 is 1.87 bits per heavy atom. The molecule has 0 saturated carbocycles. The smallest absolute Gasteiger partial charge is 0.251 e. The summed E-state index contributed by atoms with van der Waals surface area (Å²) in [4.78, 5) is 16.8. The summed E-state index contributed by atoms with van der Waals surface area (Å²) in [6.07, 6.45) is 6.02. The largest absolute Gasteiger partial charge is 0.352 e. The lowest BCUT2D eigenvalue weighted by molar-refractivity contribution is 0.0952. The van der Waals surface area contributed by atoms with Crippen molar-refractivity contribution < 1.29 is 4.79 Å². The van der Waals surface area contributed by atoms with Crippen molar-refractivity contribution in [2.45, 2.75) is 38.1 Å². The topological polar surface area (TPSA) is 35.6 Å². The number of benzene rings is 1. The van der Waals surface area contributed by atoms with Crippen LogP contribution in [0.3, 0.4) is 0 Å². The second kappa shape index (κ2) is 9.68. The van der Waals surface area contributed by atoms with Gasteiger partial charge in [-0.15, -0.1) is 0 Å². The van der Waals surface area contributed by atoms with E-state index >= 15 is 0 Å². The molecule has 0 bridgehead atoms. The minimum atomic E-state index is 0.0362. The van der Waals surface area contributed by atoms with E-state index in [4.69, 9.17) is 0 Å². The Morgan fingerprint density at radius 3 is 2.57 bits per heavy atom. The zero-order valence-electron chi connectivity index (χ0n) is 14.6. The van der Waals surface area contributed by atoms with E-state index in [0.29, 0.717) is 0 Å². The van der Waals surface area contributed by atoms with E-state index in [1.165, 1.54) is 45.3 Å². The van der Waals surface area contributed by atoms with Gasteiger partial charge in [0.15, 0.2) is 0 Å². The maximum Gasteiger partial charge on any atom is 0.251 e. The molecular weight excluding hydrogens is 286 g/mol. The summed E-state index contributed by atoms with van der Waals surface area (Å²) >= 11 is 0. The number of hydrogen-bond donors (Lipinski definition) is 1. The van der Waals surface area contributed by atoms with Crippen LogP contribution in [0, 0.1) is 0 Å². The number of likely N-dealkylation sites (tertiary alicyclic amines) is 1. The summed E-state index contributed by atoms with van der Waals surface area (Å²) in [5.41, 5.74) is 0.745. The standard InChI is InChI=1S/C19H31N3O/c1-21-15-11-18(12-16-21)22(2)14-8-4-7-13-20-19(23)17-9-5-3-6-10-17/h3,5-6,9-10,18H,4,7-8,11-16H2,1-2H3,(H,20,23). The second-order valence-electron chi connectivity index (χ2n) is 6.70. The first kappa shape index (κ1) is 18.0. The Labute approximate surface area is 140 Å². The van der Waals surface area contributed by atoms with Crippen LogP contribution in [0.15, 0.2) is 30.3 Å². The zero-order chi connectivity index (χ0) is 16.5. The summed E-state index contributed by atoms with van der Waals surface area (Å²) in [7, 11) is 4.47. The quantitative estimate of drug-likeness (QED) is 0.749. The van der Waals surface area contributed by atoms with Crippen LogP contribution in [-0.2, 0) is 0 Å². The lowest BCUT2D eigenvalue weighted by Crippen LogP contribution is -2.42. The number of carbonyl (C=O) groups is 1. The lowest BCUT2D eigenvalue weighted by Gasteiger charge is -2.35. The van der Waals surface area contributed by atoms with Crippen LogP contribution >= 0.6 is 0 Å². The Kier molecular flexibility index (Phi) is 7.56. The van der Waals surface area contributed by atoms with Gasteiger partial charge in [-0.2, -0.15) is 0 Å². The highest BCUT2D eigenvalue weighted by Gasteiger charge is 2.19. The van der Waals surface area contributed by atoms with Crippen molar-refractivity contribution in [2.75, 3.05) is 40.3 Å². The third kappa shape index (κ3) is 6.32. The van der Waals surface area contributed by atoms with Gasteiger partial charge in [0.05, 0.1) is 0 Å². The van der Waals surface area contributed by atoms with Gasteiger partial charge < -0.3 is 15.1 Å². The van der Waals surface area contributed by atoms with Crippen molar-refractivity contribution in [3.63, 3.8) is 0 Å². The molecule has 1 heterocycles. The van der Waals surface area contributed by atoms with Crippen LogP contribution < -0.4 is 5.32 Å². The maximum atomic E-state index is 11.9. The summed E-state index contributed by atoms with van der Waals surface area (Å²) in [5.74, 6) is 0.0362. The molecule has 4 nitrogen and oxygen atoms in total. The summed E-state index contributed by atoms with van der Waals surface area (Å²) in [6, 6.07) is 10.2. The van der Waals surface area contributed by atoms with E-state index in [-0.39, 0.29) is 5.91 Å². The Balaban J connectivity index is 1.51. The van der Waals surface area contributed by atoms with Crippen molar-refractivity contribution in [2.24, 2.45) is 0 Å². The zero-order valence-corrected chi connectivity index (χ0v) is 14.6. The number of nitrogens with zero attached hydrogens (tertiary/aromatic N) is 2. The molecule has 0 atom stereocenters. The van der Waals surface area contributed by atoms with Gasteiger partial charge in [-0.05, 0) is 71.5 Å².